The Labute approximate surface area is 190 Å². The monoisotopic (exact) mass is 479 g/mol. The summed E-state index contributed by atoms with van der Waals surface area (Å²) in [5.41, 5.74) is 1.56. The van der Waals surface area contributed by atoms with Gasteiger partial charge in [0.25, 0.3) is 0 Å². The van der Waals surface area contributed by atoms with Crippen molar-refractivity contribution in [3.63, 3.8) is 0 Å². The topological polar surface area (TPSA) is 113 Å². The molecule has 0 radical (unpaired) electrons. The van der Waals surface area contributed by atoms with E-state index in [1.54, 1.807) is 50.2 Å². The van der Waals surface area contributed by atoms with E-state index >= 15 is 0 Å². The molecule has 0 spiro atoms. The van der Waals surface area contributed by atoms with Gasteiger partial charge in [0.1, 0.15) is 6.04 Å². The first-order chi connectivity index (χ1) is 15.0. The van der Waals surface area contributed by atoms with Crippen molar-refractivity contribution in [2.75, 3.05) is 6.54 Å². The molecule has 1 aliphatic rings. The van der Waals surface area contributed by atoms with Crippen LogP contribution >= 0.6 is 0 Å². The maximum atomic E-state index is 13.1. The van der Waals surface area contributed by atoms with E-state index in [0.29, 0.717) is 18.4 Å². The molecule has 1 fully saturated rings. The quantitative estimate of drug-likeness (QED) is 0.602. The minimum Gasteiger partial charge on any atom is -0.351 e. The van der Waals surface area contributed by atoms with Crippen LogP contribution in [-0.4, -0.2) is 45.7 Å². The Kier molecular flexibility index (Phi) is 7.39. The lowest BCUT2D eigenvalue weighted by molar-refractivity contribution is -0.124. The Morgan fingerprint density at radius 3 is 2.41 bits per heavy atom. The van der Waals surface area contributed by atoms with Gasteiger partial charge in [0, 0.05) is 19.1 Å². The van der Waals surface area contributed by atoms with E-state index in [0.717, 1.165) is 5.56 Å². The van der Waals surface area contributed by atoms with Gasteiger partial charge in [-0.1, -0.05) is 29.8 Å². The summed E-state index contributed by atoms with van der Waals surface area (Å²) in [4.78, 5) is 13.1. The van der Waals surface area contributed by atoms with Gasteiger partial charge in [-0.25, -0.2) is 21.6 Å². The summed E-state index contributed by atoms with van der Waals surface area (Å²) in [5.74, 6) is -0.397. The first-order valence-corrected chi connectivity index (χ1v) is 13.4. The molecule has 8 nitrogen and oxygen atoms in total. The fourth-order valence-corrected chi connectivity index (χ4v) is 6.62. The lowest BCUT2D eigenvalue weighted by Crippen LogP contribution is -2.45. The molecule has 0 aliphatic carbocycles. The third-order valence-corrected chi connectivity index (χ3v) is 8.78. The number of carbonyl (C=O) groups excluding carboxylic acids is 1. The average Bonchev–Trinajstić information content (AvgIpc) is 3.23. The molecule has 174 valence electrons. The number of sulfonamides is 2. The zero-order chi connectivity index (χ0) is 23.5. The van der Waals surface area contributed by atoms with Crippen LogP contribution < -0.4 is 10.0 Å². The molecule has 2 N–H and O–H groups in total. The lowest BCUT2D eigenvalue weighted by Gasteiger charge is -2.23. The Balaban J connectivity index is 1.71. The number of rotatable bonds is 8. The van der Waals surface area contributed by atoms with Gasteiger partial charge in [0.05, 0.1) is 9.79 Å². The highest BCUT2D eigenvalue weighted by molar-refractivity contribution is 7.89. The predicted molar refractivity (Wildman–Crippen MR) is 122 cm³/mol. The maximum Gasteiger partial charge on any atom is 0.243 e. The number of nitrogens with one attached hydrogen (secondary N) is 2. The molecule has 0 aromatic heterocycles. The van der Waals surface area contributed by atoms with Crippen molar-refractivity contribution in [3.05, 3.63) is 59.7 Å². The fourth-order valence-electron chi connectivity index (χ4n) is 3.64. The molecular formula is C22H29N3O5S2. The molecule has 1 atom stereocenters. The maximum absolute atomic E-state index is 13.1. The van der Waals surface area contributed by atoms with Crippen molar-refractivity contribution >= 4 is 26.0 Å². The molecule has 0 bridgehead atoms. The minimum atomic E-state index is -3.79. The van der Waals surface area contributed by atoms with Gasteiger partial charge in [-0.05, 0) is 63.4 Å². The number of hydrogen-bond acceptors (Lipinski definition) is 5. The van der Waals surface area contributed by atoms with Crippen molar-refractivity contribution in [2.45, 2.75) is 62.0 Å². The second-order valence-electron chi connectivity index (χ2n) is 8.23. The van der Waals surface area contributed by atoms with Crippen LogP contribution in [-0.2, 0) is 31.4 Å². The van der Waals surface area contributed by atoms with Crippen molar-refractivity contribution in [2.24, 2.45) is 0 Å². The van der Waals surface area contributed by atoms with Gasteiger partial charge < -0.3 is 5.32 Å². The number of carbonyl (C=O) groups is 1. The summed E-state index contributed by atoms with van der Waals surface area (Å²) in [6.07, 6.45) is 1.03. The fraction of sp³-hybridized carbons (Fsp3) is 0.409. The molecule has 1 saturated heterocycles. The number of nitrogens with zero attached hydrogens (tertiary/aromatic N) is 1. The third-order valence-electron chi connectivity index (χ3n) is 5.20. The van der Waals surface area contributed by atoms with E-state index in [2.05, 4.69) is 10.0 Å². The first-order valence-electron chi connectivity index (χ1n) is 10.5. The van der Waals surface area contributed by atoms with Crippen LogP contribution in [0.5, 0.6) is 0 Å². The van der Waals surface area contributed by atoms with Crippen LogP contribution in [0.2, 0.25) is 0 Å². The zero-order valence-corrected chi connectivity index (χ0v) is 20.0. The molecule has 1 heterocycles. The molecule has 1 amide bonds. The molecule has 1 aliphatic heterocycles. The molecule has 2 aromatic carbocycles. The lowest BCUT2D eigenvalue weighted by atomic mass is 10.2. The van der Waals surface area contributed by atoms with Gasteiger partial charge in [-0.15, -0.1) is 0 Å². The van der Waals surface area contributed by atoms with Crippen LogP contribution in [0, 0.1) is 6.92 Å². The SMILES string of the molecule is Cc1ccc(S(=O)(=O)N2CCCC2C(=O)NCc2cccc(S(=O)(=O)NC(C)C)c2)cc1. The van der Waals surface area contributed by atoms with E-state index in [-0.39, 0.29) is 28.9 Å². The average molecular weight is 480 g/mol. The second-order valence-corrected chi connectivity index (χ2v) is 11.8. The van der Waals surface area contributed by atoms with E-state index in [1.165, 1.54) is 16.4 Å². The van der Waals surface area contributed by atoms with Crippen LogP contribution in [0.4, 0.5) is 0 Å². The van der Waals surface area contributed by atoms with Gasteiger partial charge in [-0.3, -0.25) is 4.79 Å². The van der Waals surface area contributed by atoms with E-state index in [4.69, 9.17) is 0 Å². The van der Waals surface area contributed by atoms with Crippen LogP contribution in [0.15, 0.2) is 58.3 Å². The first kappa shape index (κ1) is 24.4. The molecule has 0 saturated carbocycles. The normalized spacial score (nSPS) is 17.6. The molecular weight excluding hydrogens is 450 g/mol. The van der Waals surface area contributed by atoms with Crippen molar-refractivity contribution < 1.29 is 21.6 Å². The molecule has 3 rings (SSSR count). The Hall–Kier alpha value is -2.27. The summed E-state index contributed by atoms with van der Waals surface area (Å²) in [5, 5.41) is 2.76. The molecule has 2 aromatic rings. The minimum absolute atomic E-state index is 0.0960. The summed E-state index contributed by atoms with van der Waals surface area (Å²) >= 11 is 0. The molecule has 10 heteroatoms. The van der Waals surface area contributed by atoms with Crippen LogP contribution in [0.3, 0.4) is 0 Å². The molecule has 32 heavy (non-hydrogen) atoms. The summed E-state index contributed by atoms with van der Waals surface area (Å²) < 4.78 is 54.6. The van der Waals surface area contributed by atoms with Crippen LogP contribution in [0.1, 0.15) is 37.8 Å². The van der Waals surface area contributed by atoms with Gasteiger partial charge >= 0.3 is 0 Å². The highest BCUT2D eigenvalue weighted by Gasteiger charge is 2.39. The predicted octanol–water partition coefficient (Wildman–Crippen LogP) is 2.15. The number of hydrogen-bond donors (Lipinski definition) is 2. The zero-order valence-electron chi connectivity index (χ0n) is 18.4. The van der Waals surface area contributed by atoms with E-state index < -0.39 is 32.0 Å². The smallest absolute Gasteiger partial charge is 0.243 e. The highest BCUT2D eigenvalue weighted by Crippen LogP contribution is 2.26. The van der Waals surface area contributed by atoms with E-state index in [9.17, 15) is 21.6 Å². The number of amides is 1. The third kappa shape index (κ3) is 5.55. The van der Waals surface area contributed by atoms with Gasteiger partial charge in [-0.2, -0.15) is 4.31 Å². The Morgan fingerprint density at radius 2 is 1.75 bits per heavy atom. The Morgan fingerprint density at radius 1 is 1.06 bits per heavy atom. The summed E-state index contributed by atoms with van der Waals surface area (Å²) in [7, 11) is -7.43. The van der Waals surface area contributed by atoms with Crippen LogP contribution in [0.25, 0.3) is 0 Å². The highest BCUT2D eigenvalue weighted by atomic mass is 32.2. The number of benzene rings is 2. The largest absolute Gasteiger partial charge is 0.351 e. The summed E-state index contributed by atoms with van der Waals surface area (Å²) in [6, 6.07) is 11.8. The second kappa shape index (κ2) is 9.70. The molecule has 1 unspecified atom stereocenters. The van der Waals surface area contributed by atoms with Crippen molar-refractivity contribution in [1.29, 1.82) is 0 Å². The van der Waals surface area contributed by atoms with Crippen molar-refractivity contribution in [1.82, 2.24) is 14.3 Å². The standard InChI is InChI=1S/C22H29N3O5S2/c1-16(2)24-31(27,28)20-7-4-6-18(14-20)15-23-22(26)21-8-5-13-25(21)32(29,30)19-11-9-17(3)10-12-19/h4,6-7,9-12,14,16,21,24H,5,8,13,15H2,1-3H3,(H,23,26). The number of aryl methyl sites for hydroxylation is 1. The van der Waals surface area contributed by atoms with Crippen molar-refractivity contribution in [3.8, 4) is 0 Å². The van der Waals surface area contributed by atoms with E-state index in [1.807, 2.05) is 6.92 Å². The van der Waals surface area contributed by atoms with Gasteiger partial charge in [0.2, 0.25) is 26.0 Å². The Bertz CT molecular complexity index is 1180. The van der Waals surface area contributed by atoms with Gasteiger partial charge in [0.15, 0.2) is 0 Å². The summed E-state index contributed by atoms with van der Waals surface area (Å²) in [6.45, 7) is 5.72.